The molecule has 0 aliphatic heterocycles. The van der Waals surface area contributed by atoms with Gasteiger partial charge in [-0.2, -0.15) is 0 Å². The number of carbonyl (C=O) groups excluding carboxylic acids is 2. The molecule has 158 valence electrons. The van der Waals surface area contributed by atoms with E-state index < -0.39 is 5.54 Å². The molecule has 0 saturated carbocycles. The number of rotatable bonds is 7. The molecule has 1 aromatic carbocycles. The van der Waals surface area contributed by atoms with Crippen LogP contribution in [-0.4, -0.2) is 33.7 Å². The molecule has 0 radical (unpaired) electrons. The van der Waals surface area contributed by atoms with Crippen molar-refractivity contribution < 1.29 is 14.0 Å². The number of thiophene rings is 1. The summed E-state index contributed by atoms with van der Waals surface area (Å²) in [6.45, 7) is 8.81. The lowest BCUT2D eigenvalue weighted by Gasteiger charge is -2.36. The van der Waals surface area contributed by atoms with Crippen molar-refractivity contribution in [1.29, 1.82) is 0 Å². The second-order valence-electron chi connectivity index (χ2n) is 8.29. The standard InChI is InChI=1S/C24H28N2O3S/c1-18-12-13-20(30-18)16-25(15-19-9-6-5-7-10-19)22(27)17-26(24(2,3)4)23(28)21-11-8-14-29-21/h5-14H,15-17H2,1-4H3. The van der Waals surface area contributed by atoms with Crippen molar-refractivity contribution >= 4 is 23.2 Å². The molecule has 30 heavy (non-hydrogen) atoms. The monoisotopic (exact) mass is 424 g/mol. The topological polar surface area (TPSA) is 53.8 Å². The van der Waals surface area contributed by atoms with Gasteiger partial charge in [0, 0.05) is 21.8 Å². The van der Waals surface area contributed by atoms with Gasteiger partial charge in [0.1, 0.15) is 6.54 Å². The van der Waals surface area contributed by atoms with E-state index in [1.165, 1.54) is 11.1 Å². The molecule has 0 unspecified atom stereocenters. The molecule has 2 amide bonds. The molecule has 0 spiro atoms. The third kappa shape index (κ3) is 5.60. The van der Waals surface area contributed by atoms with Crippen molar-refractivity contribution in [2.75, 3.05) is 6.54 Å². The zero-order valence-corrected chi connectivity index (χ0v) is 18.7. The first-order valence-electron chi connectivity index (χ1n) is 9.96. The summed E-state index contributed by atoms with van der Waals surface area (Å²) in [5.41, 5.74) is 0.524. The molecular formula is C24H28N2O3S. The van der Waals surface area contributed by atoms with Crippen LogP contribution in [0.15, 0.2) is 65.3 Å². The fourth-order valence-electron chi connectivity index (χ4n) is 3.18. The van der Waals surface area contributed by atoms with E-state index in [-0.39, 0.29) is 24.1 Å². The average molecular weight is 425 g/mol. The first kappa shape index (κ1) is 21.8. The Morgan fingerprint density at radius 1 is 0.967 bits per heavy atom. The van der Waals surface area contributed by atoms with Crippen LogP contribution in [0.25, 0.3) is 0 Å². The molecule has 0 N–H and O–H groups in total. The van der Waals surface area contributed by atoms with Crippen molar-refractivity contribution in [1.82, 2.24) is 9.80 Å². The van der Waals surface area contributed by atoms with E-state index in [9.17, 15) is 9.59 Å². The number of carbonyl (C=O) groups is 2. The van der Waals surface area contributed by atoms with Crippen molar-refractivity contribution in [3.63, 3.8) is 0 Å². The summed E-state index contributed by atoms with van der Waals surface area (Å²) in [5, 5.41) is 0. The van der Waals surface area contributed by atoms with E-state index >= 15 is 0 Å². The third-order valence-corrected chi connectivity index (χ3v) is 5.78. The Morgan fingerprint density at radius 3 is 2.27 bits per heavy atom. The van der Waals surface area contributed by atoms with Crippen LogP contribution in [0.1, 0.15) is 46.6 Å². The summed E-state index contributed by atoms with van der Waals surface area (Å²) in [4.78, 5) is 32.1. The predicted octanol–water partition coefficient (Wildman–Crippen LogP) is 5.12. The molecule has 2 aromatic heterocycles. The Morgan fingerprint density at radius 2 is 1.70 bits per heavy atom. The number of hydrogen-bond acceptors (Lipinski definition) is 4. The van der Waals surface area contributed by atoms with E-state index in [1.807, 2.05) is 56.0 Å². The number of hydrogen-bond donors (Lipinski definition) is 0. The van der Waals surface area contributed by atoms with Crippen LogP contribution in [0.3, 0.4) is 0 Å². The minimum Gasteiger partial charge on any atom is -0.459 e. The third-order valence-electron chi connectivity index (χ3n) is 4.79. The smallest absolute Gasteiger partial charge is 0.290 e. The number of benzene rings is 1. The van der Waals surface area contributed by atoms with Crippen LogP contribution < -0.4 is 0 Å². The summed E-state index contributed by atoms with van der Waals surface area (Å²) in [6, 6.07) is 17.3. The van der Waals surface area contributed by atoms with Crippen LogP contribution in [0.5, 0.6) is 0 Å². The maximum Gasteiger partial charge on any atom is 0.290 e. The first-order chi connectivity index (χ1) is 14.2. The van der Waals surface area contributed by atoms with Gasteiger partial charge in [-0.05, 0) is 57.5 Å². The average Bonchev–Trinajstić information content (AvgIpc) is 3.37. The van der Waals surface area contributed by atoms with E-state index in [2.05, 4.69) is 19.1 Å². The first-order valence-corrected chi connectivity index (χ1v) is 10.8. The van der Waals surface area contributed by atoms with E-state index in [0.29, 0.717) is 13.1 Å². The Bertz CT molecular complexity index is 972. The minimum atomic E-state index is -0.530. The highest BCUT2D eigenvalue weighted by molar-refractivity contribution is 7.11. The van der Waals surface area contributed by atoms with Gasteiger partial charge in [0.25, 0.3) is 5.91 Å². The Labute approximate surface area is 181 Å². The highest BCUT2D eigenvalue weighted by Crippen LogP contribution is 2.21. The molecule has 2 heterocycles. The second-order valence-corrected chi connectivity index (χ2v) is 9.66. The van der Waals surface area contributed by atoms with Gasteiger partial charge >= 0.3 is 0 Å². The summed E-state index contributed by atoms with van der Waals surface area (Å²) < 4.78 is 5.29. The summed E-state index contributed by atoms with van der Waals surface area (Å²) in [6.07, 6.45) is 1.47. The molecule has 3 aromatic rings. The summed E-state index contributed by atoms with van der Waals surface area (Å²) >= 11 is 1.68. The number of amides is 2. The van der Waals surface area contributed by atoms with Crippen LogP contribution in [0.4, 0.5) is 0 Å². The molecule has 3 rings (SSSR count). The van der Waals surface area contributed by atoms with Gasteiger partial charge in [-0.15, -0.1) is 11.3 Å². The van der Waals surface area contributed by atoms with Crippen molar-refractivity contribution in [3.05, 3.63) is 81.9 Å². The normalized spacial score (nSPS) is 11.3. The molecule has 6 heteroatoms. The maximum absolute atomic E-state index is 13.4. The van der Waals surface area contributed by atoms with Gasteiger partial charge in [0.2, 0.25) is 5.91 Å². The number of nitrogens with zero attached hydrogens (tertiary/aromatic N) is 2. The Kier molecular flexibility index (Phi) is 6.77. The fraction of sp³-hybridized carbons (Fsp3) is 0.333. The van der Waals surface area contributed by atoms with Gasteiger partial charge in [0.15, 0.2) is 5.76 Å². The molecule has 0 saturated heterocycles. The lowest BCUT2D eigenvalue weighted by molar-refractivity contribution is -0.134. The summed E-state index contributed by atoms with van der Waals surface area (Å²) in [5.74, 6) is -0.145. The molecular weight excluding hydrogens is 396 g/mol. The van der Waals surface area contributed by atoms with Crippen molar-refractivity contribution in [3.8, 4) is 0 Å². The van der Waals surface area contributed by atoms with E-state index in [1.54, 1.807) is 28.4 Å². The van der Waals surface area contributed by atoms with Gasteiger partial charge in [0.05, 0.1) is 12.8 Å². The maximum atomic E-state index is 13.4. The highest BCUT2D eigenvalue weighted by atomic mass is 32.1. The SMILES string of the molecule is Cc1ccc(CN(Cc2ccccc2)C(=O)CN(C(=O)c2ccco2)C(C)(C)C)s1. The zero-order valence-electron chi connectivity index (χ0n) is 17.9. The van der Waals surface area contributed by atoms with Gasteiger partial charge < -0.3 is 14.2 Å². The highest BCUT2D eigenvalue weighted by Gasteiger charge is 2.32. The lowest BCUT2D eigenvalue weighted by Crippen LogP contribution is -2.50. The Balaban J connectivity index is 1.83. The van der Waals surface area contributed by atoms with Gasteiger partial charge in [-0.3, -0.25) is 9.59 Å². The molecule has 0 aliphatic rings. The molecule has 0 bridgehead atoms. The van der Waals surface area contributed by atoms with E-state index in [4.69, 9.17) is 4.42 Å². The van der Waals surface area contributed by atoms with Crippen molar-refractivity contribution in [2.24, 2.45) is 0 Å². The van der Waals surface area contributed by atoms with Gasteiger partial charge in [-0.25, -0.2) is 0 Å². The predicted molar refractivity (Wildman–Crippen MR) is 119 cm³/mol. The van der Waals surface area contributed by atoms with Crippen LogP contribution in [0, 0.1) is 6.92 Å². The van der Waals surface area contributed by atoms with Gasteiger partial charge in [-0.1, -0.05) is 30.3 Å². The Hall–Kier alpha value is -2.86. The van der Waals surface area contributed by atoms with Crippen molar-refractivity contribution in [2.45, 2.75) is 46.3 Å². The summed E-state index contributed by atoms with van der Waals surface area (Å²) in [7, 11) is 0. The molecule has 0 atom stereocenters. The second kappa shape index (κ2) is 9.30. The fourth-order valence-corrected chi connectivity index (χ4v) is 4.08. The number of furan rings is 1. The van der Waals surface area contributed by atoms with Crippen LogP contribution in [0.2, 0.25) is 0 Å². The lowest BCUT2D eigenvalue weighted by atomic mass is 10.1. The van der Waals surface area contributed by atoms with Crippen LogP contribution in [-0.2, 0) is 17.9 Å². The van der Waals surface area contributed by atoms with E-state index in [0.717, 1.165) is 10.4 Å². The molecule has 0 aliphatic carbocycles. The molecule has 0 fully saturated rings. The largest absolute Gasteiger partial charge is 0.459 e. The zero-order chi connectivity index (χ0) is 21.7. The minimum absolute atomic E-state index is 0.0137. The molecule has 5 nitrogen and oxygen atoms in total. The number of aryl methyl sites for hydroxylation is 1. The quantitative estimate of drug-likeness (QED) is 0.529. The van der Waals surface area contributed by atoms with Crippen LogP contribution >= 0.6 is 11.3 Å².